The molecular weight excluding hydrogens is 1210 g/mol. The number of alkyl halides is 2. The predicted molar refractivity (Wildman–Crippen MR) is 346 cm³/mol. The normalized spacial score (nSPS) is 20.3. The lowest BCUT2D eigenvalue weighted by atomic mass is 9.76. The lowest BCUT2D eigenvalue weighted by molar-refractivity contribution is 0.0133. The number of hydrogen-bond donors (Lipinski definition) is 4. The molecule has 1 aliphatic carbocycles. The molecule has 8 aromatic rings. The van der Waals surface area contributed by atoms with Crippen LogP contribution in [0.1, 0.15) is 102 Å². The molecule has 4 aliphatic heterocycles. The number of hydrogen-bond acceptors (Lipinski definition) is 18. The van der Waals surface area contributed by atoms with Gasteiger partial charge in [-0.15, -0.1) is 6.42 Å². The molecule has 496 valence electrons. The van der Waals surface area contributed by atoms with E-state index in [4.69, 9.17) is 30.4 Å². The van der Waals surface area contributed by atoms with Crippen LogP contribution in [0.3, 0.4) is 0 Å². The third kappa shape index (κ3) is 13.5. The molecule has 18 nitrogen and oxygen atoms in total. The second kappa shape index (κ2) is 29.4. The summed E-state index contributed by atoms with van der Waals surface area (Å²) in [6, 6.07) is 12.0. The molecule has 4 saturated heterocycles. The number of aromatic hydroxyl groups is 2. The quantitative estimate of drug-likeness (QED) is 0.0427. The highest BCUT2D eigenvalue weighted by molar-refractivity contribution is 6.05. The van der Waals surface area contributed by atoms with Gasteiger partial charge in [-0.05, 0) is 149 Å². The fraction of sp³-hybridized carbons (Fsp3) is 0.478. The summed E-state index contributed by atoms with van der Waals surface area (Å²) in [5.74, 6) is -0.0638. The van der Waals surface area contributed by atoms with Crippen molar-refractivity contribution in [1.82, 2.24) is 39.7 Å². The molecule has 0 spiro atoms. The minimum atomic E-state index is -0.855. The number of aryl methyl sites for hydroxylation is 1. The second-order valence-electron chi connectivity index (χ2n) is 24.3. The van der Waals surface area contributed by atoms with Gasteiger partial charge in [0.25, 0.3) is 0 Å². The molecule has 93 heavy (non-hydrogen) atoms. The Labute approximate surface area is 536 Å². The van der Waals surface area contributed by atoms with Gasteiger partial charge in [0, 0.05) is 60.2 Å². The molecule has 0 amide bonds. The summed E-state index contributed by atoms with van der Waals surface area (Å²) in [5.41, 5.74) is -0.100. The molecule has 4 N–H and O–H groups in total. The largest absolute Gasteiger partial charge is 0.508 e. The van der Waals surface area contributed by atoms with Crippen LogP contribution >= 0.6 is 0 Å². The van der Waals surface area contributed by atoms with E-state index in [1.54, 1.807) is 11.8 Å². The van der Waals surface area contributed by atoms with Crippen molar-refractivity contribution in [2.45, 2.75) is 122 Å². The number of aromatic nitrogens is 6. The molecule has 5 atom stereocenters. The maximum atomic E-state index is 16.9. The highest BCUT2D eigenvalue weighted by Gasteiger charge is 2.48. The van der Waals surface area contributed by atoms with Crippen molar-refractivity contribution in [3.63, 3.8) is 0 Å². The van der Waals surface area contributed by atoms with Crippen molar-refractivity contribution in [3.8, 4) is 70.1 Å². The zero-order valence-corrected chi connectivity index (χ0v) is 53.5. The van der Waals surface area contributed by atoms with E-state index < -0.39 is 42.3 Å². The third-order valence-corrected chi connectivity index (χ3v) is 18.7. The van der Waals surface area contributed by atoms with E-state index in [-0.39, 0.29) is 102 Å². The molecule has 8 heterocycles. The van der Waals surface area contributed by atoms with E-state index in [0.29, 0.717) is 92.4 Å². The smallest absolute Gasteiger partial charge is 0.319 e. The zero-order valence-electron chi connectivity index (χ0n) is 53.5. The number of unbranched alkanes of at least 4 members (excludes halogenated alkanes) is 1. The van der Waals surface area contributed by atoms with E-state index in [0.717, 1.165) is 70.9 Å². The number of benzene rings is 4. The van der Waals surface area contributed by atoms with Crippen molar-refractivity contribution in [3.05, 3.63) is 82.9 Å². The van der Waals surface area contributed by atoms with Crippen molar-refractivity contribution >= 4 is 55.0 Å². The van der Waals surface area contributed by atoms with Gasteiger partial charge < -0.3 is 54.1 Å². The van der Waals surface area contributed by atoms with E-state index in [2.05, 4.69) is 47.7 Å². The number of aliphatic hydroxyl groups excluding tert-OH is 2. The van der Waals surface area contributed by atoms with Crippen molar-refractivity contribution in [1.29, 1.82) is 0 Å². The van der Waals surface area contributed by atoms with E-state index >= 15 is 8.78 Å². The van der Waals surface area contributed by atoms with E-state index in [1.165, 1.54) is 82.7 Å². The standard InChI is InChI=1S/C35H39F2N5O4.C26H26F2N4O4.C7H12FN.CH3F/c1-5-7-16-42(20-43)32-28-31(39-34(40-32)46-19-35-13-8-10-26(35)41(3)15-9-14-35)29(37)30(38-33(28)45-4)24-18-22(44)17-21-11-12-25(36)23(6-2)27(21)24;1-4-16-18(27)8-7-13-10-15(34)11-17(19(13)16)22-21(28)23-20(25(29-22)35-2)24(31-26(30-23)36-3)32-9-5-6-14(33)12-32;8-6-4-7-2-1-3-9(7)5-6;1-2/h2,11-12,17-18,26,43-44H,5,7-10,13-16,19-20H2,1,3-4H3;7-8,10-11,14,33-34H,4-6,9,12H2,1-3H3;6-7H,1-5H2;1H3. The topological polar surface area (TPSA) is 208 Å². The Hall–Kier alpha value is -8.24. The minimum Gasteiger partial charge on any atom is -0.508 e. The van der Waals surface area contributed by atoms with Crippen LogP contribution < -0.4 is 28.7 Å². The van der Waals surface area contributed by atoms with Gasteiger partial charge in [0.05, 0.1) is 46.8 Å². The minimum absolute atomic E-state index is 0.0126. The molecule has 13 rings (SSSR count). The number of terminal acetylenes is 1. The molecule has 5 fully saturated rings. The van der Waals surface area contributed by atoms with Gasteiger partial charge in [-0.1, -0.05) is 44.7 Å². The van der Waals surface area contributed by atoms with Crippen molar-refractivity contribution in [2.24, 2.45) is 5.41 Å². The van der Waals surface area contributed by atoms with Gasteiger partial charge in [-0.2, -0.15) is 19.9 Å². The first-order chi connectivity index (χ1) is 45.0. The maximum Gasteiger partial charge on any atom is 0.319 e. The van der Waals surface area contributed by atoms with Crippen LogP contribution in [-0.2, 0) is 6.42 Å². The number of phenols is 2. The number of ether oxygens (including phenoxy) is 4. The van der Waals surface area contributed by atoms with Crippen LogP contribution in [0, 0.1) is 41.0 Å². The van der Waals surface area contributed by atoms with Crippen molar-refractivity contribution in [2.75, 3.05) is 98.0 Å². The number of phenolic OH excluding ortho intramolecular Hbond substituents is 2. The third-order valence-electron chi connectivity index (χ3n) is 18.7. The van der Waals surface area contributed by atoms with Crippen LogP contribution in [0.15, 0.2) is 48.5 Å². The SMILES string of the molecule is C#Cc1c(F)ccc2cc(O)cc(-c3nc(OC)c4c(N(CO)CCCC)nc(OCC56CCCC5N(C)CCC6)nc4c3F)c12.CCc1c(F)ccc2cc(O)cc(-c3nc(OC)c4c(N5CCCC(O)C5)nc(OC)nc4c3F)c12.CF.FC1CC2CCCN2C1. The number of β-amino-alcohol motifs (C(OH)–C–C–N with tert-alkyl or cyclic N) is 1. The first kappa shape index (κ1) is 67.6. The summed E-state index contributed by atoms with van der Waals surface area (Å²) < 4.78 is 108. The Morgan fingerprint density at radius 1 is 0.710 bits per heavy atom. The summed E-state index contributed by atoms with van der Waals surface area (Å²) in [5, 5.41) is 43.6. The Kier molecular flexibility index (Phi) is 21.4. The number of halogens is 6. The molecule has 4 aromatic heterocycles. The number of likely N-dealkylation sites (tertiary alicyclic amines) is 1. The summed E-state index contributed by atoms with van der Waals surface area (Å²) in [6.07, 6.45) is 16.6. The number of pyridine rings is 2. The van der Waals surface area contributed by atoms with E-state index in [1.807, 2.05) is 11.8 Å². The Morgan fingerprint density at radius 3 is 1.98 bits per heavy atom. The highest BCUT2D eigenvalue weighted by atomic mass is 19.1. The van der Waals surface area contributed by atoms with Crippen molar-refractivity contribution < 1.29 is 65.7 Å². The summed E-state index contributed by atoms with van der Waals surface area (Å²) in [7, 11) is 6.83. The number of rotatable bonds is 15. The molecule has 5 aliphatic rings. The molecule has 1 saturated carbocycles. The van der Waals surface area contributed by atoms with Crippen LogP contribution in [0.4, 0.5) is 38.0 Å². The predicted octanol–water partition coefficient (Wildman–Crippen LogP) is 12.2. The molecule has 4 aromatic carbocycles. The molecule has 0 bridgehead atoms. The summed E-state index contributed by atoms with van der Waals surface area (Å²) in [4.78, 5) is 35.1. The van der Waals surface area contributed by atoms with Gasteiger partial charge in [0.2, 0.25) is 11.8 Å². The number of piperidine rings is 2. The molecule has 0 radical (unpaired) electrons. The molecule has 24 heteroatoms. The number of methoxy groups -OCH3 is 3. The highest BCUT2D eigenvalue weighted by Crippen LogP contribution is 2.49. The van der Waals surface area contributed by atoms with Gasteiger partial charge in [-0.3, -0.25) is 9.29 Å². The summed E-state index contributed by atoms with van der Waals surface area (Å²) in [6.45, 7) is 8.05. The summed E-state index contributed by atoms with van der Waals surface area (Å²) >= 11 is 0. The van der Waals surface area contributed by atoms with Gasteiger partial charge >= 0.3 is 12.0 Å². The lowest BCUT2D eigenvalue weighted by Crippen LogP contribution is -2.50. The van der Waals surface area contributed by atoms with Gasteiger partial charge in [0.15, 0.2) is 17.5 Å². The van der Waals surface area contributed by atoms with E-state index in [9.17, 15) is 38.0 Å². The Balaban J connectivity index is 0.000000178. The maximum absolute atomic E-state index is 16.9. The Bertz CT molecular complexity index is 4060. The van der Waals surface area contributed by atoms with Crippen LogP contribution in [0.2, 0.25) is 0 Å². The average Bonchev–Trinajstić information content (AvgIpc) is 1.56. The fourth-order valence-electron chi connectivity index (χ4n) is 14.4. The zero-order chi connectivity index (χ0) is 66.4. The van der Waals surface area contributed by atoms with Gasteiger partial charge in [-0.25, -0.2) is 31.9 Å². The monoisotopic (exact) mass is 1290 g/mol. The van der Waals surface area contributed by atoms with Gasteiger partial charge in [0.1, 0.15) is 75.0 Å². The molecular formula is C69H80F6N10O8. The molecule has 5 unspecified atom stereocenters. The lowest BCUT2D eigenvalue weighted by Gasteiger charge is -2.44. The number of fused-ring (bicyclic) bond motifs is 6. The first-order valence-corrected chi connectivity index (χ1v) is 31.7. The van der Waals surface area contributed by atoms with Crippen LogP contribution in [0.5, 0.6) is 35.3 Å². The average molecular weight is 1290 g/mol. The number of aliphatic hydroxyl groups is 2. The number of nitrogens with zero attached hydrogens (tertiary/aromatic N) is 10. The Morgan fingerprint density at radius 2 is 1.34 bits per heavy atom. The first-order valence-electron chi connectivity index (χ1n) is 31.7. The fourth-order valence-corrected chi connectivity index (χ4v) is 14.4. The second-order valence-corrected chi connectivity index (χ2v) is 24.3. The number of anilines is 2. The van der Waals surface area contributed by atoms with Crippen LogP contribution in [-0.4, -0.2) is 173 Å². The van der Waals surface area contributed by atoms with Crippen LogP contribution in [0.25, 0.3) is 65.9 Å².